The third kappa shape index (κ3) is 3.33. The van der Waals surface area contributed by atoms with Gasteiger partial charge in [0.15, 0.2) is 0 Å². The SMILES string of the molecule is CC1CCCC1CNCC(C)(O)c1ccccc1. The van der Waals surface area contributed by atoms with Gasteiger partial charge >= 0.3 is 0 Å². The molecule has 1 aromatic carbocycles. The lowest BCUT2D eigenvalue weighted by Crippen LogP contribution is -2.38. The highest BCUT2D eigenvalue weighted by atomic mass is 16.3. The number of nitrogens with one attached hydrogen (secondary N) is 1. The summed E-state index contributed by atoms with van der Waals surface area (Å²) in [4.78, 5) is 0. The molecule has 0 heterocycles. The Kier molecular flexibility index (Phi) is 4.41. The van der Waals surface area contributed by atoms with Crippen LogP contribution in [0.3, 0.4) is 0 Å². The molecule has 0 amide bonds. The Balaban J connectivity index is 1.82. The molecule has 1 fully saturated rings. The Morgan fingerprint density at radius 3 is 2.61 bits per heavy atom. The van der Waals surface area contributed by atoms with Crippen molar-refractivity contribution in [1.29, 1.82) is 0 Å². The van der Waals surface area contributed by atoms with Crippen LogP contribution in [0.25, 0.3) is 0 Å². The third-order valence-corrected chi connectivity index (χ3v) is 4.31. The van der Waals surface area contributed by atoms with E-state index in [0.717, 1.165) is 23.9 Å². The summed E-state index contributed by atoms with van der Waals surface area (Å²) in [6.45, 7) is 5.88. The standard InChI is InChI=1S/C16H25NO/c1-13-7-6-8-14(13)11-17-12-16(2,18)15-9-4-3-5-10-15/h3-5,9-10,13-14,17-18H,6-8,11-12H2,1-2H3. The van der Waals surface area contributed by atoms with Crippen molar-refractivity contribution in [2.75, 3.05) is 13.1 Å². The predicted molar refractivity (Wildman–Crippen MR) is 75.4 cm³/mol. The van der Waals surface area contributed by atoms with E-state index in [1.54, 1.807) is 0 Å². The summed E-state index contributed by atoms with van der Waals surface area (Å²) in [6.07, 6.45) is 4.06. The summed E-state index contributed by atoms with van der Waals surface area (Å²) in [5, 5.41) is 13.9. The van der Waals surface area contributed by atoms with E-state index in [2.05, 4.69) is 12.2 Å². The van der Waals surface area contributed by atoms with Gasteiger partial charge in [0.2, 0.25) is 0 Å². The zero-order valence-corrected chi connectivity index (χ0v) is 11.5. The largest absolute Gasteiger partial charge is 0.384 e. The summed E-state index contributed by atoms with van der Waals surface area (Å²) in [5.74, 6) is 1.62. The highest BCUT2D eigenvalue weighted by Crippen LogP contribution is 2.30. The van der Waals surface area contributed by atoms with Crippen LogP contribution in [0.2, 0.25) is 0 Å². The zero-order chi connectivity index (χ0) is 13.0. The molecule has 1 saturated carbocycles. The molecule has 3 atom stereocenters. The van der Waals surface area contributed by atoms with E-state index in [1.165, 1.54) is 19.3 Å². The van der Waals surface area contributed by atoms with Gasteiger partial charge in [-0.3, -0.25) is 0 Å². The first-order valence-electron chi connectivity index (χ1n) is 7.08. The van der Waals surface area contributed by atoms with E-state index in [0.29, 0.717) is 6.54 Å². The molecule has 1 aromatic rings. The third-order valence-electron chi connectivity index (χ3n) is 4.31. The second-order valence-electron chi connectivity index (χ2n) is 5.94. The van der Waals surface area contributed by atoms with Crippen molar-refractivity contribution in [3.05, 3.63) is 35.9 Å². The average Bonchev–Trinajstić information content (AvgIpc) is 2.76. The first-order valence-corrected chi connectivity index (χ1v) is 7.08. The van der Waals surface area contributed by atoms with Gasteiger partial charge in [-0.1, -0.05) is 50.1 Å². The van der Waals surface area contributed by atoms with E-state index in [9.17, 15) is 5.11 Å². The van der Waals surface area contributed by atoms with Gasteiger partial charge in [-0.2, -0.15) is 0 Å². The Hall–Kier alpha value is -0.860. The van der Waals surface area contributed by atoms with Crippen LogP contribution in [0.5, 0.6) is 0 Å². The molecule has 1 aliphatic carbocycles. The molecule has 0 spiro atoms. The van der Waals surface area contributed by atoms with Gasteiger partial charge in [0.05, 0.1) is 5.60 Å². The average molecular weight is 247 g/mol. The smallest absolute Gasteiger partial charge is 0.0992 e. The van der Waals surface area contributed by atoms with Crippen molar-refractivity contribution in [2.45, 2.75) is 38.7 Å². The van der Waals surface area contributed by atoms with Gasteiger partial charge < -0.3 is 10.4 Å². The van der Waals surface area contributed by atoms with E-state index in [4.69, 9.17) is 0 Å². The lowest BCUT2D eigenvalue weighted by atomic mass is 9.94. The zero-order valence-electron chi connectivity index (χ0n) is 11.5. The number of hydrogen-bond acceptors (Lipinski definition) is 2. The number of hydrogen-bond donors (Lipinski definition) is 2. The van der Waals surface area contributed by atoms with Crippen LogP contribution in [0.15, 0.2) is 30.3 Å². The van der Waals surface area contributed by atoms with Crippen LogP contribution in [0.4, 0.5) is 0 Å². The molecular weight excluding hydrogens is 222 g/mol. The Morgan fingerprint density at radius 2 is 2.00 bits per heavy atom. The lowest BCUT2D eigenvalue weighted by Gasteiger charge is -2.26. The fraction of sp³-hybridized carbons (Fsp3) is 0.625. The maximum Gasteiger partial charge on any atom is 0.0992 e. The fourth-order valence-electron chi connectivity index (χ4n) is 2.93. The molecule has 0 aromatic heterocycles. The molecule has 18 heavy (non-hydrogen) atoms. The van der Waals surface area contributed by atoms with E-state index in [1.807, 2.05) is 37.3 Å². The normalized spacial score (nSPS) is 27.1. The second-order valence-corrected chi connectivity index (χ2v) is 5.94. The highest BCUT2D eigenvalue weighted by molar-refractivity contribution is 5.21. The molecule has 100 valence electrons. The highest BCUT2D eigenvalue weighted by Gasteiger charge is 2.25. The minimum Gasteiger partial charge on any atom is -0.384 e. The quantitative estimate of drug-likeness (QED) is 0.838. The van der Waals surface area contributed by atoms with Crippen LogP contribution in [0.1, 0.15) is 38.7 Å². The molecule has 0 saturated heterocycles. The Labute approximate surface area is 110 Å². The van der Waals surface area contributed by atoms with Crippen molar-refractivity contribution in [3.8, 4) is 0 Å². The summed E-state index contributed by atoms with van der Waals surface area (Å²) < 4.78 is 0. The monoisotopic (exact) mass is 247 g/mol. The van der Waals surface area contributed by atoms with E-state index < -0.39 is 5.60 Å². The van der Waals surface area contributed by atoms with Gasteiger partial charge in [-0.15, -0.1) is 0 Å². The van der Waals surface area contributed by atoms with Crippen LogP contribution >= 0.6 is 0 Å². The summed E-state index contributed by atoms with van der Waals surface area (Å²) in [7, 11) is 0. The molecule has 0 bridgehead atoms. The molecule has 1 aliphatic rings. The van der Waals surface area contributed by atoms with E-state index >= 15 is 0 Å². The number of benzene rings is 1. The van der Waals surface area contributed by atoms with E-state index in [-0.39, 0.29) is 0 Å². The molecule has 0 radical (unpaired) electrons. The summed E-state index contributed by atoms with van der Waals surface area (Å²) in [5.41, 5.74) is 0.209. The van der Waals surface area contributed by atoms with Crippen LogP contribution in [-0.4, -0.2) is 18.2 Å². The minimum absolute atomic E-state index is 0.625. The number of aliphatic hydroxyl groups is 1. The molecule has 2 rings (SSSR count). The van der Waals surface area contributed by atoms with Crippen LogP contribution in [0, 0.1) is 11.8 Å². The molecular formula is C16H25NO. The maximum atomic E-state index is 10.5. The molecule has 0 aliphatic heterocycles. The van der Waals surface area contributed by atoms with Crippen molar-refractivity contribution in [2.24, 2.45) is 11.8 Å². The van der Waals surface area contributed by atoms with Crippen LogP contribution < -0.4 is 5.32 Å². The van der Waals surface area contributed by atoms with Gasteiger partial charge in [0.1, 0.15) is 0 Å². The Bertz CT molecular complexity index is 361. The lowest BCUT2D eigenvalue weighted by molar-refractivity contribution is 0.0556. The van der Waals surface area contributed by atoms with Crippen molar-refractivity contribution < 1.29 is 5.11 Å². The van der Waals surface area contributed by atoms with Crippen molar-refractivity contribution in [1.82, 2.24) is 5.32 Å². The number of rotatable bonds is 5. The molecule has 2 heteroatoms. The van der Waals surface area contributed by atoms with Gasteiger partial charge in [0, 0.05) is 6.54 Å². The van der Waals surface area contributed by atoms with Crippen molar-refractivity contribution in [3.63, 3.8) is 0 Å². The van der Waals surface area contributed by atoms with Crippen molar-refractivity contribution >= 4 is 0 Å². The molecule has 3 unspecified atom stereocenters. The van der Waals surface area contributed by atoms with Crippen LogP contribution in [-0.2, 0) is 5.60 Å². The molecule has 2 nitrogen and oxygen atoms in total. The van der Waals surface area contributed by atoms with Gasteiger partial charge in [-0.25, -0.2) is 0 Å². The minimum atomic E-state index is -0.775. The fourth-order valence-corrected chi connectivity index (χ4v) is 2.93. The predicted octanol–water partition coefficient (Wildman–Crippen LogP) is 2.92. The summed E-state index contributed by atoms with van der Waals surface area (Å²) in [6, 6.07) is 9.90. The molecule has 2 N–H and O–H groups in total. The first kappa shape index (κ1) is 13.6. The first-order chi connectivity index (χ1) is 8.59. The summed E-state index contributed by atoms with van der Waals surface area (Å²) >= 11 is 0. The second kappa shape index (κ2) is 5.85. The Morgan fingerprint density at radius 1 is 1.28 bits per heavy atom. The topological polar surface area (TPSA) is 32.3 Å². The van der Waals surface area contributed by atoms with Gasteiger partial charge in [0.25, 0.3) is 0 Å². The van der Waals surface area contributed by atoms with Gasteiger partial charge in [-0.05, 0) is 37.3 Å². The maximum absolute atomic E-state index is 10.5.